The number of aromatic nitrogens is 2. The van der Waals surface area contributed by atoms with E-state index in [9.17, 15) is 0 Å². The third-order valence-corrected chi connectivity index (χ3v) is 5.06. The maximum absolute atomic E-state index is 6.05. The average Bonchev–Trinajstić information content (AvgIpc) is 3.00. The van der Waals surface area contributed by atoms with Gasteiger partial charge in [0.15, 0.2) is 0 Å². The quantitative estimate of drug-likeness (QED) is 0.763. The van der Waals surface area contributed by atoms with E-state index in [-0.39, 0.29) is 0 Å². The summed E-state index contributed by atoms with van der Waals surface area (Å²) in [6, 6.07) is 1.13. The Hall–Kier alpha value is -1.31. The van der Waals surface area contributed by atoms with E-state index in [1.807, 2.05) is 10.9 Å². The smallest absolute Gasteiger partial charge is 0.256 e. The molecule has 1 aromatic heterocycles. The lowest BCUT2D eigenvalue weighted by atomic mass is 9.90. The molecule has 1 saturated heterocycles. The van der Waals surface area contributed by atoms with Crippen LogP contribution in [0.1, 0.15) is 38.1 Å². The number of nitrogens with zero attached hydrogens (tertiary/aromatic N) is 3. The predicted molar refractivity (Wildman–Crippen MR) is 92.3 cm³/mol. The SMILES string of the molecule is COCCCOc1nn(C2CCC(N3CCOCC3)CC2)cc1N. The molecule has 1 aliphatic heterocycles. The minimum Gasteiger partial charge on any atom is -0.475 e. The number of rotatable bonds is 7. The van der Waals surface area contributed by atoms with Gasteiger partial charge in [-0.15, -0.1) is 5.10 Å². The maximum Gasteiger partial charge on any atom is 0.256 e. The average molecular weight is 338 g/mol. The first kappa shape index (κ1) is 17.5. The van der Waals surface area contributed by atoms with Gasteiger partial charge in [0.05, 0.1) is 32.1 Å². The largest absolute Gasteiger partial charge is 0.475 e. The van der Waals surface area contributed by atoms with Crippen LogP contribution in [0, 0.1) is 0 Å². The van der Waals surface area contributed by atoms with E-state index in [1.54, 1.807) is 7.11 Å². The normalized spacial score (nSPS) is 25.7. The molecule has 0 amide bonds. The van der Waals surface area contributed by atoms with Crippen molar-refractivity contribution in [2.24, 2.45) is 0 Å². The molecule has 136 valence electrons. The summed E-state index contributed by atoms with van der Waals surface area (Å²) < 4.78 is 18.2. The lowest BCUT2D eigenvalue weighted by Gasteiger charge is -2.38. The third kappa shape index (κ3) is 4.40. The molecule has 2 fully saturated rings. The van der Waals surface area contributed by atoms with Gasteiger partial charge in [0.2, 0.25) is 0 Å². The van der Waals surface area contributed by atoms with E-state index in [2.05, 4.69) is 10.00 Å². The lowest BCUT2D eigenvalue weighted by molar-refractivity contribution is 0.00503. The second-order valence-corrected chi connectivity index (χ2v) is 6.68. The molecule has 7 nitrogen and oxygen atoms in total. The fraction of sp³-hybridized carbons (Fsp3) is 0.824. The molecule has 2 N–H and O–H groups in total. The van der Waals surface area contributed by atoms with Crippen molar-refractivity contribution in [1.29, 1.82) is 0 Å². The zero-order valence-electron chi connectivity index (χ0n) is 14.7. The molecule has 0 radical (unpaired) electrons. The van der Waals surface area contributed by atoms with Gasteiger partial charge >= 0.3 is 0 Å². The van der Waals surface area contributed by atoms with Crippen LogP contribution in [0.5, 0.6) is 5.88 Å². The molecule has 1 aromatic rings. The van der Waals surface area contributed by atoms with Crippen molar-refractivity contribution in [3.05, 3.63) is 6.20 Å². The minimum absolute atomic E-state index is 0.431. The van der Waals surface area contributed by atoms with Gasteiger partial charge in [-0.2, -0.15) is 0 Å². The van der Waals surface area contributed by atoms with Crippen molar-refractivity contribution in [1.82, 2.24) is 14.7 Å². The summed E-state index contributed by atoms with van der Waals surface area (Å²) in [4.78, 5) is 2.58. The van der Waals surface area contributed by atoms with E-state index in [1.165, 1.54) is 12.8 Å². The first-order chi connectivity index (χ1) is 11.8. The summed E-state index contributed by atoms with van der Waals surface area (Å²) >= 11 is 0. The molecule has 3 rings (SSSR count). The van der Waals surface area contributed by atoms with Crippen LogP contribution in [0.2, 0.25) is 0 Å². The minimum atomic E-state index is 0.431. The Morgan fingerprint density at radius 1 is 1.17 bits per heavy atom. The van der Waals surface area contributed by atoms with Crippen molar-refractivity contribution in [3.8, 4) is 5.88 Å². The number of nitrogens with two attached hydrogens (primary N) is 1. The van der Waals surface area contributed by atoms with Crippen molar-refractivity contribution in [3.63, 3.8) is 0 Å². The van der Waals surface area contributed by atoms with Crippen molar-refractivity contribution in [2.45, 2.75) is 44.2 Å². The van der Waals surface area contributed by atoms with Gasteiger partial charge in [-0.1, -0.05) is 0 Å². The monoisotopic (exact) mass is 338 g/mol. The van der Waals surface area contributed by atoms with Crippen LogP contribution in [0.4, 0.5) is 5.69 Å². The molecule has 24 heavy (non-hydrogen) atoms. The van der Waals surface area contributed by atoms with Crippen LogP contribution in [0.3, 0.4) is 0 Å². The number of hydrogen-bond donors (Lipinski definition) is 1. The second kappa shape index (κ2) is 8.69. The lowest BCUT2D eigenvalue weighted by Crippen LogP contribution is -2.45. The Morgan fingerprint density at radius 2 is 1.88 bits per heavy atom. The molecule has 0 atom stereocenters. The molecular formula is C17H30N4O3. The molecular weight excluding hydrogens is 308 g/mol. The van der Waals surface area contributed by atoms with Crippen LogP contribution < -0.4 is 10.5 Å². The van der Waals surface area contributed by atoms with Crippen LogP contribution in [0.25, 0.3) is 0 Å². The van der Waals surface area contributed by atoms with Crippen LogP contribution in [-0.4, -0.2) is 67.3 Å². The van der Waals surface area contributed by atoms with Gasteiger partial charge in [-0.3, -0.25) is 9.58 Å². The standard InChI is InChI=1S/C17H30N4O3/c1-22-9-2-10-24-17-16(18)13-21(19-17)15-5-3-14(4-6-15)20-7-11-23-12-8-20/h13-15H,2-12,18H2,1H3. The van der Waals surface area contributed by atoms with Gasteiger partial charge in [0.25, 0.3) is 5.88 Å². The summed E-state index contributed by atoms with van der Waals surface area (Å²) in [5.41, 5.74) is 6.67. The summed E-state index contributed by atoms with van der Waals surface area (Å²) in [6.07, 6.45) is 7.49. The Morgan fingerprint density at radius 3 is 2.58 bits per heavy atom. The van der Waals surface area contributed by atoms with Gasteiger partial charge in [0.1, 0.15) is 5.69 Å². The maximum atomic E-state index is 6.05. The van der Waals surface area contributed by atoms with Crippen molar-refractivity contribution < 1.29 is 14.2 Å². The molecule has 1 aliphatic carbocycles. The van der Waals surface area contributed by atoms with Crippen molar-refractivity contribution >= 4 is 5.69 Å². The number of methoxy groups -OCH3 is 1. The summed E-state index contributed by atoms with van der Waals surface area (Å²) in [5, 5.41) is 4.56. The summed E-state index contributed by atoms with van der Waals surface area (Å²) in [6.45, 7) is 5.16. The fourth-order valence-electron chi connectivity index (χ4n) is 3.69. The first-order valence-corrected chi connectivity index (χ1v) is 9.06. The highest BCUT2D eigenvalue weighted by molar-refractivity contribution is 5.46. The van der Waals surface area contributed by atoms with Crippen molar-refractivity contribution in [2.75, 3.05) is 52.4 Å². The van der Waals surface area contributed by atoms with Gasteiger partial charge in [0, 0.05) is 39.3 Å². The summed E-state index contributed by atoms with van der Waals surface area (Å²) in [5.74, 6) is 0.557. The van der Waals surface area contributed by atoms with E-state index in [0.717, 1.165) is 45.6 Å². The molecule has 1 saturated carbocycles. The first-order valence-electron chi connectivity index (χ1n) is 9.06. The van der Waals surface area contributed by atoms with Gasteiger partial charge in [-0.05, 0) is 25.7 Å². The number of nitrogen functional groups attached to an aromatic ring is 1. The van der Waals surface area contributed by atoms with Crippen LogP contribution in [0.15, 0.2) is 6.20 Å². The Labute approximate surface area is 144 Å². The number of hydrogen-bond acceptors (Lipinski definition) is 6. The summed E-state index contributed by atoms with van der Waals surface area (Å²) in [7, 11) is 1.69. The highest BCUT2D eigenvalue weighted by Crippen LogP contribution is 2.33. The van der Waals surface area contributed by atoms with E-state index in [4.69, 9.17) is 19.9 Å². The van der Waals surface area contributed by atoms with Crippen LogP contribution >= 0.6 is 0 Å². The van der Waals surface area contributed by atoms with Gasteiger partial charge in [-0.25, -0.2) is 0 Å². The zero-order valence-corrected chi connectivity index (χ0v) is 14.7. The molecule has 7 heteroatoms. The predicted octanol–water partition coefficient (Wildman–Crippen LogP) is 1.70. The fourth-order valence-corrected chi connectivity index (χ4v) is 3.69. The molecule has 0 spiro atoms. The number of anilines is 1. The Kier molecular flexibility index (Phi) is 6.34. The molecule has 0 aromatic carbocycles. The second-order valence-electron chi connectivity index (χ2n) is 6.68. The molecule has 2 aliphatic rings. The Bertz CT molecular complexity index is 494. The molecule has 2 heterocycles. The molecule has 0 bridgehead atoms. The zero-order chi connectivity index (χ0) is 16.8. The topological polar surface area (TPSA) is 74.8 Å². The van der Waals surface area contributed by atoms with E-state index in [0.29, 0.717) is 36.9 Å². The number of ether oxygens (including phenoxy) is 3. The van der Waals surface area contributed by atoms with Crippen LogP contribution in [-0.2, 0) is 9.47 Å². The highest BCUT2D eigenvalue weighted by Gasteiger charge is 2.28. The molecule has 0 unspecified atom stereocenters. The van der Waals surface area contributed by atoms with E-state index >= 15 is 0 Å². The van der Waals surface area contributed by atoms with E-state index < -0.39 is 0 Å². The number of morpholine rings is 1. The van der Waals surface area contributed by atoms with Gasteiger partial charge < -0.3 is 19.9 Å². The third-order valence-electron chi connectivity index (χ3n) is 5.06. The highest BCUT2D eigenvalue weighted by atomic mass is 16.5. The Balaban J connectivity index is 1.49.